The fraction of sp³-hybridized carbons (Fsp3) is 0. The maximum absolute atomic E-state index is 11.1. The van der Waals surface area contributed by atoms with E-state index in [-0.39, 0.29) is 5.69 Å². The van der Waals surface area contributed by atoms with Crippen molar-refractivity contribution in [1.29, 1.82) is 0 Å². The van der Waals surface area contributed by atoms with Gasteiger partial charge in [-0.3, -0.25) is 10.1 Å². The van der Waals surface area contributed by atoms with Crippen LogP contribution in [0.4, 0.5) is 5.69 Å². The summed E-state index contributed by atoms with van der Waals surface area (Å²) in [6.07, 6.45) is 5.21. The molecule has 0 aliphatic rings. The number of rotatable bonds is 5. The summed E-state index contributed by atoms with van der Waals surface area (Å²) < 4.78 is 5.82. The summed E-state index contributed by atoms with van der Waals surface area (Å²) in [5, 5.41) is 12.1. The van der Waals surface area contributed by atoms with Crippen molar-refractivity contribution in [2.75, 3.05) is 0 Å². The van der Waals surface area contributed by atoms with Crippen LogP contribution in [-0.2, 0) is 0 Å². The maximum atomic E-state index is 11.1. The molecule has 24 heavy (non-hydrogen) atoms. The SMILES string of the molecule is C=Cc1c(/C=C\C(=C)c2ccccc2[N+](=O)[O-])oc2ccccc12. The molecule has 0 fully saturated rings. The molecule has 1 aromatic heterocycles. The van der Waals surface area contributed by atoms with Crippen molar-refractivity contribution in [3.05, 3.63) is 94.8 Å². The van der Waals surface area contributed by atoms with Crippen LogP contribution < -0.4 is 0 Å². The monoisotopic (exact) mass is 317 g/mol. The summed E-state index contributed by atoms with van der Waals surface area (Å²) in [4.78, 5) is 10.7. The third kappa shape index (κ3) is 2.77. The molecule has 4 nitrogen and oxygen atoms in total. The van der Waals surface area contributed by atoms with E-state index < -0.39 is 4.92 Å². The van der Waals surface area contributed by atoms with Gasteiger partial charge in [0, 0.05) is 17.0 Å². The van der Waals surface area contributed by atoms with E-state index in [2.05, 4.69) is 13.2 Å². The third-order valence-electron chi connectivity index (χ3n) is 3.75. The molecule has 0 radical (unpaired) electrons. The zero-order valence-corrected chi connectivity index (χ0v) is 12.9. The Hall–Kier alpha value is -3.40. The molecule has 3 rings (SSSR count). The number of nitro benzene ring substituents is 1. The molecule has 1 heterocycles. The van der Waals surface area contributed by atoms with Crippen LogP contribution >= 0.6 is 0 Å². The van der Waals surface area contributed by atoms with Gasteiger partial charge in [-0.25, -0.2) is 0 Å². The molecule has 0 saturated heterocycles. The first-order valence-electron chi connectivity index (χ1n) is 7.36. The maximum Gasteiger partial charge on any atom is 0.277 e. The fourth-order valence-electron chi connectivity index (χ4n) is 2.59. The summed E-state index contributed by atoms with van der Waals surface area (Å²) in [5.74, 6) is 0.644. The predicted molar refractivity (Wildman–Crippen MR) is 97.5 cm³/mol. The van der Waals surface area contributed by atoms with E-state index in [1.807, 2.05) is 24.3 Å². The zero-order chi connectivity index (χ0) is 17.1. The van der Waals surface area contributed by atoms with Crippen molar-refractivity contribution in [1.82, 2.24) is 0 Å². The number of fused-ring (bicyclic) bond motifs is 1. The Balaban J connectivity index is 1.98. The summed E-state index contributed by atoms with van der Waals surface area (Å²) in [5.41, 5.74) is 2.70. The van der Waals surface area contributed by atoms with Gasteiger partial charge in [-0.2, -0.15) is 0 Å². The highest BCUT2D eigenvalue weighted by Crippen LogP contribution is 2.30. The predicted octanol–water partition coefficient (Wildman–Crippen LogP) is 5.71. The van der Waals surface area contributed by atoms with E-state index in [1.165, 1.54) is 6.07 Å². The van der Waals surface area contributed by atoms with Gasteiger partial charge in [-0.1, -0.05) is 55.6 Å². The molecular weight excluding hydrogens is 302 g/mol. The molecule has 4 heteroatoms. The number of allylic oxidation sites excluding steroid dienone is 2. The van der Waals surface area contributed by atoms with Gasteiger partial charge in [0.25, 0.3) is 5.69 Å². The molecule has 3 aromatic rings. The van der Waals surface area contributed by atoms with Gasteiger partial charge in [0.2, 0.25) is 0 Å². The molecule has 0 N–H and O–H groups in total. The van der Waals surface area contributed by atoms with Gasteiger partial charge < -0.3 is 4.42 Å². The lowest BCUT2D eigenvalue weighted by atomic mass is 10.0. The van der Waals surface area contributed by atoms with Crippen molar-refractivity contribution < 1.29 is 9.34 Å². The molecule has 0 amide bonds. The number of hydrogen-bond acceptors (Lipinski definition) is 3. The number of furan rings is 1. The van der Waals surface area contributed by atoms with Gasteiger partial charge in [-0.15, -0.1) is 0 Å². The van der Waals surface area contributed by atoms with Crippen LogP contribution in [0.5, 0.6) is 0 Å². The Morgan fingerprint density at radius 1 is 1.12 bits per heavy atom. The number of para-hydroxylation sites is 2. The third-order valence-corrected chi connectivity index (χ3v) is 3.75. The summed E-state index contributed by atoms with van der Waals surface area (Å²) >= 11 is 0. The van der Waals surface area contributed by atoms with Crippen LogP contribution in [0.25, 0.3) is 28.7 Å². The zero-order valence-electron chi connectivity index (χ0n) is 12.9. The minimum absolute atomic E-state index is 0.0284. The highest BCUT2D eigenvalue weighted by molar-refractivity contribution is 5.92. The smallest absolute Gasteiger partial charge is 0.277 e. The van der Waals surface area contributed by atoms with E-state index in [9.17, 15) is 10.1 Å². The molecule has 118 valence electrons. The van der Waals surface area contributed by atoms with E-state index in [0.717, 1.165) is 16.5 Å². The first kappa shape index (κ1) is 15.5. The minimum Gasteiger partial charge on any atom is -0.456 e. The average molecular weight is 317 g/mol. The number of hydrogen-bond donors (Lipinski definition) is 0. The van der Waals surface area contributed by atoms with Crippen molar-refractivity contribution in [3.8, 4) is 0 Å². The molecule has 0 atom stereocenters. The second-order valence-corrected chi connectivity index (χ2v) is 5.21. The topological polar surface area (TPSA) is 56.3 Å². The van der Waals surface area contributed by atoms with E-state index in [1.54, 1.807) is 36.4 Å². The van der Waals surface area contributed by atoms with Crippen molar-refractivity contribution in [2.24, 2.45) is 0 Å². The molecule has 0 bridgehead atoms. The number of nitro groups is 1. The van der Waals surface area contributed by atoms with Gasteiger partial charge in [-0.05, 0) is 23.8 Å². The Bertz CT molecular complexity index is 979. The lowest BCUT2D eigenvalue weighted by Crippen LogP contribution is -1.92. The van der Waals surface area contributed by atoms with Crippen molar-refractivity contribution in [3.63, 3.8) is 0 Å². The van der Waals surface area contributed by atoms with Crippen molar-refractivity contribution >= 4 is 34.4 Å². The molecule has 0 aliphatic heterocycles. The van der Waals surface area contributed by atoms with Crippen LogP contribution in [0.1, 0.15) is 16.9 Å². The van der Waals surface area contributed by atoms with Crippen LogP contribution in [0.3, 0.4) is 0 Å². The fourth-order valence-corrected chi connectivity index (χ4v) is 2.59. The lowest BCUT2D eigenvalue weighted by molar-refractivity contribution is -0.385. The summed E-state index contributed by atoms with van der Waals surface area (Å²) in [6.45, 7) is 7.76. The van der Waals surface area contributed by atoms with Crippen LogP contribution in [0.2, 0.25) is 0 Å². The molecule has 0 aliphatic carbocycles. The van der Waals surface area contributed by atoms with Crippen molar-refractivity contribution in [2.45, 2.75) is 0 Å². The standard InChI is InChI=1S/C20H15NO3/c1-3-15-17-9-5-7-11-19(17)24-20(15)13-12-14(2)16-8-4-6-10-18(16)21(22)23/h3-13H,1-2H2/b13-12-. The molecule has 2 aromatic carbocycles. The van der Waals surface area contributed by atoms with Crippen LogP contribution in [0.15, 0.2) is 72.2 Å². The Morgan fingerprint density at radius 3 is 2.58 bits per heavy atom. The van der Waals surface area contributed by atoms with Gasteiger partial charge >= 0.3 is 0 Å². The highest BCUT2D eigenvalue weighted by Gasteiger charge is 2.14. The summed E-state index contributed by atoms with van der Waals surface area (Å²) in [6, 6.07) is 14.2. The second-order valence-electron chi connectivity index (χ2n) is 5.21. The molecular formula is C20H15NO3. The van der Waals surface area contributed by atoms with E-state index >= 15 is 0 Å². The second kappa shape index (κ2) is 6.38. The van der Waals surface area contributed by atoms with Gasteiger partial charge in [0.1, 0.15) is 11.3 Å². The Labute approximate surface area is 139 Å². The summed E-state index contributed by atoms with van der Waals surface area (Å²) in [7, 11) is 0. The lowest BCUT2D eigenvalue weighted by Gasteiger charge is -2.01. The highest BCUT2D eigenvalue weighted by atomic mass is 16.6. The van der Waals surface area contributed by atoms with Crippen LogP contribution in [-0.4, -0.2) is 4.92 Å². The van der Waals surface area contributed by atoms with E-state index in [4.69, 9.17) is 4.42 Å². The average Bonchev–Trinajstić information content (AvgIpc) is 2.97. The molecule has 0 saturated carbocycles. The number of nitrogens with zero attached hydrogens (tertiary/aromatic N) is 1. The minimum atomic E-state index is -0.412. The molecule has 0 spiro atoms. The largest absolute Gasteiger partial charge is 0.456 e. The number of benzene rings is 2. The van der Waals surface area contributed by atoms with E-state index in [0.29, 0.717) is 16.9 Å². The van der Waals surface area contributed by atoms with Crippen LogP contribution in [0, 0.1) is 10.1 Å². The Morgan fingerprint density at radius 2 is 1.83 bits per heavy atom. The first-order chi connectivity index (χ1) is 11.6. The molecule has 0 unspecified atom stereocenters. The Kier molecular flexibility index (Phi) is 4.12. The first-order valence-corrected chi connectivity index (χ1v) is 7.36. The van der Waals surface area contributed by atoms with Gasteiger partial charge in [0.15, 0.2) is 0 Å². The van der Waals surface area contributed by atoms with Gasteiger partial charge in [0.05, 0.1) is 10.5 Å². The quantitative estimate of drug-likeness (QED) is 0.344. The normalized spacial score (nSPS) is 11.0.